The molecule has 0 bridgehead atoms. The lowest BCUT2D eigenvalue weighted by atomic mass is 9.94. The summed E-state index contributed by atoms with van der Waals surface area (Å²) in [7, 11) is -3.15. The fourth-order valence-electron chi connectivity index (χ4n) is 2.15. The van der Waals surface area contributed by atoms with E-state index in [4.69, 9.17) is 0 Å². The van der Waals surface area contributed by atoms with Gasteiger partial charge in [0.05, 0.1) is 5.75 Å². The summed E-state index contributed by atoms with van der Waals surface area (Å²) >= 11 is 0. The molecule has 0 spiro atoms. The Morgan fingerprint density at radius 3 is 2.40 bits per heavy atom. The van der Waals surface area contributed by atoms with Crippen molar-refractivity contribution >= 4 is 21.7 Å². The molecule has 6 nitrogen and oxygen atoms in total. The van der Waals surface area contributed by atoms with Crippen molar-refractivity contribution in [3.05, 3.63) is 0 Å². The van der Waals surface area contributed by atoms with Gasteiger partial charge in [-0.3, -0.25) is 9.59 Å². The molecule has 3 atom stereocenters. The van der Waals surface area contributed by atoms with E-state index < -0.39 is 21.9 Å². The molecule has 0 aromatic heterocycles. The molecule has 1 saturated heterocycles. The van der Waals surface area contributed by atoms with Crippen LogP contribution in [0.4, 0.5) is 0 Å². The Kier molecular flexibility index (Phi) is 5.56. The van der Waals surface area contributed by atoms with Gasteiger partial charge in [0.15, 0.2) is 9.84 Å². The highest BCUT2D eigenvalue weighted by molar-refractivity contribution is 7.91. The van der Waals surface area contributed by atoms with Crippen molar-refractivity contribution in [3.63, 3.8) is 0 Å². The maximum absolute atomic E-state index is 12.4. The van der Waals surface area contributed by atoms with Gasteiger partial charge in [0.2, 0.25) is 11.8 Å². The van der Waals surface area contributed by atoms with Crippen LogP contribution >= 0.6 is 0 Å². The van der Waals surface area contributed by atoms with Crippen LogP contribution in [0, 0.1) is 5.92 Å². The number of hydrogen-bond donors (Lipinski definition) is 1. The molecule has 116 valence electrons. The van der Waals surface area contributed by atoms with Crippen LogP contribution in [0.1, 0.15) is 34.1 Å². The maximum Gasteiger partial charge on any atom is 0.246 e. The highest BCUT2D eigenvalue weighted by atomic mass is 32.2. The van der Waals surface area contributed by atoms with Crippen molar-refractivity contribution in [2.45, 2.75) is 46.2 Å². The molecule has 0 aliphatic carbocycles. The van der Waals surface area contributed by atoms with Crippen LogP contribution in [0.25, 0.3) is 0 Å². The average molecular weight is 304 g/mol. The molecule has 1 fully saturated rings. The minimum absolute atomic E-state index is 0.0317. The molecule has 0 radical (unpaired) electrons. The van der Waals surface area contributed by atoms with Gasteiger partial charge in [0.25, 0.3) is 0 Å². The highest BCUT2D eigenvalue weighted by Gasteiger charge is 2.40. The van der Waals surface area contributed by atoms with Gasteiger partial charge < -0.3 is 10.2 Å². The molecule has 1 aliphatic rings. The summed E-state index contributed by atoms with van der Waals surface area (Å²) < 4.78 is 23.1. The van der Waals surface area contributed by atoms with Crippen molar-refractivity contribution in [3.8, 4) is 0 Å². The zero-order chi connectivity index (χ0) is 15.5. The summed E-state index contributed by atoms with van der Waals surface area (Å²) in [5.74, 6) is -0.421. The first kappa shape index (κ1) is 16.9. The maximum atomic E-state index is 12.4. The summed E-state index contributed by atoms with van der Waals surface area (Å²) in [4.78, 5) is 25.7. The Morgan fingerprint density at radius 2 is 1.90 bits per heavy atom. The monoisotopic (exact) mass is 304 g/mol. The molecule has 3 unspecified atom stereocenters. The first-order valence-corrected chi connectivity index (χ1v) is 8.86. The van der Waals surface area contributed by atoms with Crippen LogP contribution in [0.2, 0.25) is 0 Å². The van der Waals surface area contributed by atoms with E-state index in [9.17, 15) is 18.0 Å². The van der Waals surface area contributed by atoms with E-state index in [1.807, 2.05) is 13.8 Å². The molecule has 2 amide bonds. The Morgan fingerprint density at radius 1 is 1.30 bits per heavy atom. The van der Waals surface area contributed by atoms with Crippen molar-refractivity contribution in [1.82, 2.24) is 10.2 Å². The third-order valence-electron chi connectivity index (χ3n) is 3.99. The zero-order valence-corrected chi connectivity index (χ0v) is 13.4. The second-order valence-electron chi connectivity index (χ2n) is 5.32. The van der Waals surface area contributed by atoms with Crippen LogP contribution in [0.15, 0.2) is 0 Å². The normalized spacial score (nSPS) is 25.5. The molecule has 0 saturated carbocycles. The average Bonchev–Trinajstić information content (AvgIpc) is 2.41. The third-order valence-corrected chi connectivity index (χ3v) is 5.67. The third kappa shape index (κ3) is 3.71. The summed E-state index contributed by atoms with van der Waals surface area (Å²) in [6, 6.07) is -1.16. The quantitative estimate of drug-likeness (QED) is 0.759. The van der Waals surface area contributed by atoms with Crippen LogP contribution in [-0.2, 0) is 19.4 Å². The summed E-state index contributed by atoms with van der Waals surface area (Å²) in [6.07, 6.45) is 0.770. The van der Waals surface area contributed by atoms with Crippen molar-refractivity contribution in [1.29, 1.82) is 0 Å². The predicted octanol–water partition coefficient (Wildman–Crippen LogP) is 0.183. The number of carbonyl (C=O) groups is 2. The van der Waals surface area contributed by atoms with Gasteiger partial charge in [-0.2, -0.15) is 0 Å². The molecular weight excluding hydrogens is 280 g/mol. The van der Waals surface area contributed by atoms with E-state index in [0.29, 0.717) is 0 Å². The number of carbonyl (C=O) groups excluding carboxylic acids is 2. The summed E-state index contributed by atoms with van der Waals surface area (Å²) in [5.41, 5.74) is 0. The lowest BCUT2D eigenvalue weighted by Crippen LogP contribution is -2.64. The second-order valence-corrected chi connectivity index (χ2v) is 7.79. The van der Waals surface area contributed by atoms with Gasteiger partial charge in [-0.15, -0.1) is 0 Å². The molecule has 1 heterocycles. The standard InChI is InChI=1S/C13H24N2O4S/c1-5-9(3)11-13(17)15(10(4)12(16)14-11)7-8-20(18,19)6-2/h9-11H,5-8H2,1-4H3,(H,14,16). The van der Waals surface area contributed by atoms with Crippen LogP contribution < -0.4 is 5.32 Å². The lowest BCUT2D eigenvalue weighted by molar-refractivity contribution is -0.149. The summed E-state index contributed by atoms with van der Waals surface area (Å²) in [6.45, 7) is 7.13. The van der Waals surface area contributed by atoms with Gasteiger partial charge >= 0.3 is 0 Å². The number of amides is 2. The lowest BCUT2D eigenvalue weighted by Gasteiger charge is -2.39. The minimum Gasteiger partial charge on any atom is -0.342 e. The first-order chi connectivity index (χ1) is 9.23. The number of piperazine rings is 1. The topological polar surface area (TPSA) is 83.6 Å². The van der Waals surface area contributed by atoms with Gasteiger partial charge in [0.1, 0.15) is 12.1 Å². The molecule has 0 aromatic carbocycles. The molecule has 1 N–H and O–H groups in total. The fraction of sp³-hybridized carbons (Fsp3) is 0.846. The molecule has 1 aliphatic heterocycles. The predicted molar refractivity (Wildman–Crippen MR) is 76.9 cm³/mol. The highest BCUT2D eigenvalue weighted by Crippen LogP contribution is 2.17. The van der Waals surface area contributed by atoms with E-state index in [2.05, 4.69) is 5.32 Å². The zero-order valence-electron chi connectivity index (χ0n) is 12.5. The Bertz CT molecular complexity index is 475. The Labute approximate surface area is 120 Å². The molecule has 7 heteroatoms. The van der Waals surface area contributed by atoms with Gasteiger partial charge in [0, 0.05) is 12.3 Å². The van der Waals surface area contributed by atoms with Gasteiger partial charge in [-0.25, -0.2) is 8.42 Å². The number of rotatable bonds is 6. The molecule has 1 rings (SSSR count). The van der Waals surface area contributed by atoms with E-state index in [0.717, 1.165) is 6.42 Å². The van der Waals surface area contributed by atoms with Crippen molar-refractivity contribution in [2.75, 3.05) is 18.1 Å². The SMILES string of the molecule is CCC(C)C1NC(=O)C(C)N(CCS(=O)(=O)CC)C1=O. The van der Waals surface area contributed by atoms with Gasteiger partial charge in [-0.05, 0) is 12.8 Å². The van der Waals surface area contributed by atoms with Crippen molar-refractivity contribution in [2.24, 2.45) is 5.92 Å². The minimum atomic E-state index is -3.15. The fourth-order valence-corrected chi connectivity index (χ4v) is 2.92. The number of nitrogens with zero attached hydrogens (tertiary/aromatic N) is 1. The molecule has 0 aromatic rings. The smallest absolute Gasteiger partial charge is 0.246 e. The molecule has 20 heavy (non-hydrogen) atoms. The Hall–Kier alpha value is -1.11. The number of sulfone groups is 1. The van der Waals surface area contributed by atoms with Crippen LogP contribution in [0.5, 0.6) is 0 Å². The summed E-state index contributed by atoms with van der Waals surface area (Å²) in [5, 5.41) is 2.73. The van der Waals surface area contributed by atoms with Crippen LogP contribution in [-0.4, -0.2) is 55.3 Å². The first-order valence-electron chi connectivity index (χ1n) is 7.04. The molecular formula is C13H24N2O4S. The van der Waals surface area contributed by atoms with Crippen molar-refractivity contribution < 1.29 is 18.0 Å². The largest absolute Gasteiger partial charge is 0.342 e. The van der Waals surface area contributed by atoms with E-state index in [1.54, 1.807) is 13.8 Å². The van der Waals surface area contributed by atoms with E-state index in [1.165, 1.54) is 4.90 Å². The van der Waals surface area contributed by atoms with E-state index in [-0.39, 0.29) is 35.8 Å². The Balaban J connectivity index is 2.86. The van der Waals surface area contributed by atoms with Gasteiger partial charge in [-0.1, -0.05) is 27.2 Å². The number of nitrogens with one attached hydrogen (secondary N) is 1. The second kappa shape index (κ2) is 6.56. The van der Waals surface area contributed by atoms with E-state index >= 15 is 0 Å². The van der Waals surface area contributed by atoms with Crippen LogP contribution in [0.3, 0.4) is 0 Å². The number of hydrogen-bond acceptors (Lipinski definition) is 4.